The predicted octanol–water partition coefficient (Wildman–Crippen LogP) is 1.90. The van der Waals surface area contributed by atoms with Crippen LogP contribution in [0.2, 0.25) is 0 Å². The van der Waals surface area contributed by atoms with Gasteiger partial charge in [-0.1, -0.05) is 11.6 Å². The number of nitrogens with one attached hydrogen (secondary N) is 2. The Labute approximate surface area is 141 Å². The zero-order valence-corrected chi connectivity index (χ0v) is 13.8. The van der Waals surface area contributed by atoms with Crippen LogP contribution in [-0.4, -0.2) is 35.6 Å². The van der Waals surface area contributed by atoms with Gasteiger partial charge in [-0.3, -0.25) is 10.1 Å². The first-order chi connectivity index (χ1) is 11.6. The summed E-state index contributed by atoms with van der Waals surface area (Å²) in [6.07, 6.45) is 9.33. The summed E-state index contributed by atoms with van der Waals surface area (Å²) in [5.74, 6) is -1.27. The van der Waals surface area contributed by atoms with Gasteiger partial charge >= 0.3 is 12.0 Å². The highest BCUT2D eigenvalue weighted by atomic mass is 16.5. The van der Waals surface area contributed by atoms with E-state index in [1.807, 2.05) is 0 Å². The Balaban J connectivity index is 1.62. The number of hydrogen-bond donors (Lipinski definition) is 2. The van der Waals surface area contributed by atoms with Crippen LogP contribution in [0.3, 0.4) is 0 Å². The maximum absolute atomic E-state index is 11.7. The highest BCUT2D eigenvalue weighted by Crippen LogP contribution is 2.19. The molecule has 0 atom stereocenters. The van der Waals surface area contributed by atoms with Gasteiger partial charge in [0.25, 0.3) is 5.91 Å². The molecule has 0 unspecified atom stereocenters. The van der Waals surface area contributed by atoms with Crippen LogP contribution in [0, 0.1) is 0 Å². The maximum atomic E-state index is 11.7. The highest BCUT2D eigenvalue weighted by Gasteiger charge is 2.14. The number of nitrogens with zero attached hydrogens (tertiary/aromatic N) is 1. The molecule has 7 heteroatoms. The van der Waals surface area contributed by atoms with Crippen LogP contribution in [0.4, 0.5) is 4.79 Å². The summed E-state index contributed by atoms with van der Waals surface area (Å²) in [6.45, 7) is -0.0172. The third-order valence-electron chi connectivity index (χ3n) is 3.86. The number of amides is 3. The van der Waals surface area contributed by atoms with E-state index in [4.69, 9.17) is 4.74 Å². The topological polar surface area (TPSA) is 89.4 Å². The molecule has 2 N–H and O–H groups in total. The van der Waals surface area contributed by atoms with E-state index in [0.29, 0.717) is 12.2 Å². The minimum absolute atomic E-state index is 0.341. The first-order valence-corrected chi connectivity index (χ1v) is 8.10. The zero-order valence-electron chi connectivity index (χ0n) is 13.8. The molecule has 2 rings (SSSR count). The van der Waals surface area contributed by atoms with Crippen LogP contribution in [0.5, 0.6) is 0 Å². The molecular formula is C17H23N3O4. The van der Waals surface area contributed by atoms with Gasteiger partial charge in [0, 0.05) is 19.8 Å². The Bertz CT molecular complexity index is 634. The van der Waals surface area contributed by atoms with E-state index in [1.54, 1.807) is 29.9 Å². The lowest BCUT2D eigenvalue weighted by atomic mass is 9.97. The largest absolute Gasteiger partial charge is 0.451 e. The summed E-state index contributed by atoms with van der Waals surface area (Å²) in [6, 6.07) is 2.71. The van der Waals surface area contributed by atoms with E-state index in [1.165, 1.54) is 18.4 Å². The lowest BCUT2D eigenvalue weighted by Gasteiger charge is -2.13. The van der Waals surface area contributed by atoms with E-state index in [2.05, 4.69) is 16.7 Å². The van der Waals surface area contributed by atoms with Crippen molar-refractivity contribution in [3.63, 3.8) is 0 Å². The van der Waals surface area contributed by atoms with Gasteiger partial charge in [0.2, 0.25) is 0 Å². The first kappa shape index (κ1) is 17.8. The van der Waals surface area contributed by atoms with Crippen molar-refractivity contribution in [3.05, 3.63) is 35.7 Å². The van der Waals surface area contributed by atoms with E-state index < -0.39 is 24.5 Å². The fraction of sp³-hybridized carbons (Fsp3) is 0.471. The number of urea groups is 1. The number of rotatable bonds is 6. The number of allylic oxidation sites excluding steroid dienone is 1. The van der Waals surface area contributed by atoms with Crippen molar-refractivity contribution in [1.82, 2.24) is 15.2 Å². The van der Waals surface area contributed by atoms with E-state index in [-0.39, 0.29) is 0 Å². The Morgan fingerprint density at radius 1 is 1.29 bits per heavy atom. The molecule has 1 aliphatic carbocycles. The SMILES string of the molecule is Cn1cccc1C(=O)OCC(=O)NC(=O)NCCC1=CCCCC1. The Hall–Kier alpha value is -2.57. The summed E-state index contributed by atoms with van der Waals surface area (Å²) in [7, 11) is 1.70. The molecule has 1 heterocycles. The molecule has 1 aromatic heterocycles. The van der Waals surface area contributed by atoms with Crippen molar-refractivity contribution in [2.45, 2.75) is 32.1 Å². The van der Waals surface area contributed by atoms with Crippen molar-refractivity contribution in [2.75, 3.05) is 13.2 Å². The molecule has 3 amide bonds. The molecule has 1 aliphatic rings. The van der Waals surface area contributed by atoms with Crippen LogP contribution < -0.4 is 10.6 Å². The fourth-order valence-electron chi connectivity index (χ4n) is 2.55. The Kier molecular flexibility index (Phi) is 6.60. The highest BCUT2D eigenvalue weighted by molar-refractivity contribution is 5.96. The van der Waals surface area contributed by atoms with Crippen LogP contribution in [0.1, 0.15) is 42.6 Å². The molecule has 0 radical (unpaired) electrons. The predicted molar refractivity (Wildman–Crippen MR) is 88.4 cm³/mol. The van der Waals surface area contributed by atoms with Gasteiger partial charge < -0.3 is 14.6 Å². The van der Waals surface area contributed by atoms with Crippen molar-refractivity contribution < 1.29 is 19.1 Å². The number of aromatic nitrogens is 1. The van der Waals surface area contributed by atoms with Crippen LogP contribution >= 0.6 is 0 Å². The first-order valence-electron chi connectivity index (χ1n) is 8.10. The molecule has 0 spiro atoms. The minimum Gasteiger partial charge on any atom is -0.451 e. The van der Waals surface area contributed by atoms with Crippen molar-refractivity contribution >= 4 is 17.9 Å². The number of carbonyl (C=O) groups excluding carboxylic acids is 3. The lowest BCUT2D eigenvalue weighted by molar-refractivity contribution is -0.123. The average Bonchev–Trinajstić information content (AvgIpc) is 3.00. The fourth-order valence-corrected chi connectivity index (χ4v) is 2.55. The van der Waals surface area contributed by atoms with Gasteiger partial charge in [-0.15, -0.1) is 0 Å². The number of esters is 1. The molecular weight excluding hydrogens is 310 g/mol. The van der Waals surface area contributed by atoms with Crippen LogP contribution in [0.15, 0.2) is 30.0 Å². The van der Waals surface area contributed by atoms with Crippen LogP contribution in [0.25, 0.3) is 0 Å². The summed E-state index contributed by atoms with van der Waals surface area (Å²) >= 11 is 0. The summed E-state index contributed by atoms with van der Waals surface area (Å²) < 4.78 is 6.46. The van der Waals surface area contributed by atoms with Gasteiger partial charge in [0.05, 0.1) is 0 Å². The van der Waals surface area contributed by atoms with Gasteiger partial charge in [-0.05, 0) is 44.2 Å². The van der Waals surface area contributed by atoms with Crippen molar-refractivity contribution in [1.29, 1.82) is 0 Å². The smallest absolute Gasteiger partial charge is 0.355 e. The van der Waals surface area contributed by atoms with Gasteiger partial charge in [0.1, 0.15) is 5.69 Å². The summed E-state index contributed by atoms with van der Waals surface area (Å²) in [5.41, 5.74) is 1.69. The molecule has 0 saturated heterocycles. The Morgan fingerprint density at radius 2 is 2.12 bits per heavy atom. The molecule has 0 bridgehead atoms. The zero-order chi connectivity index (χ0) is 17.4. The maximum Gasteiger partial charge on any atom is 0.355 e. The number of ether oxygens (including phenoxy) is 1. The van der Waals surface area contributed by atoms with Gasteiger partial charge in [0.15, 0.2) is 6.61 Å². The molecule has 130 valence electrons. The van der Waals surface area contributed by atoms with Crippen molar-refractivity contribution in [3.8, 4) is 0 Å². The normalized spacial score (nSPS) is 13.8. The van der Waals surface area contributed by atoms with Gasteiger partial charge in [-0.25, -0.2) is 9.59 Å². The van der Waals surface area contributed by atoms with E-state index in [9.17, 15) is 14.4 Å². The Morgan fingerprint density at radius 3 is 2.79 bits per heavy atom. The number of hydrogen-bond acceptors (Lipinski definition) is 4. The van der Waals surface area contributed by atoms with E-state index >= 15 is 0 Å². The summed E-state index contributed by atoms with van der Waals surface area (Å²) in [4.78, 5) is 35.0. The standard InChI is InChI=1S/C17H23N3O4/c1-20-11-5-8-14(20)16(22)24-12-15(21)19-17(23)18-10-9-13-6-3-2-4-7-13/h5-6,8,11H,2-4,7,9-10,12H2,1H3,(H2,18,19,21,23). The second-order valence-corrected chi connectivity index (χ2v) is 5.74. The van der Waals surface area contributed by atoms with Crippen molar-refractivity contribution in [2.24, 2.45) is 7.05 Å². The lowest BCUT2D eigenvalue weighted by Crippen LogP contribution is -2.41. The third kappa shape index (κ3) is 5.57. The molecule has 0 fully saturated rings. The number of carbonyl (C=O) groups is 3. The molecule has 1 aromatic rings. The molecule has 24 heavy (non-hydrogen) atoms. The van der Waals surface area contributed by atoms with Gasteiger partial charge in [-0.2, -0.15) is 0 Å². The summed E-state index contributed by atoms with van der Waals surface area (Å²) in [5, 5.41) is 4.77. The van der Waals surface area contributed by atoms with Crippen LogP contribution in [-0.2, 0) is 16.6 Å². The minimum atomic E-state index is -0.660. The second-order valence-electron chi connectivity index (χ2n) is 5.74. The van der Waals surface area contributed by atoms with E-state index in [0.717, 1.165) is 19.3 Å². The second kappa shape index (κ2) is 8.90. The molecule has 0 saturated carbocycles. The third-order valence-corrected chi connectivity index (χ3v) is 3.86. The quantitative estimate of drug-likeness (QED) is 0.614. The monoisotopic (exact) mass is 333 g/mol. The molecule has 7 nitrogen and oxygen atoms in total. The molecule has 0 aromatic carbocycles. The average molecular weight is 333 g/mol. The number of imide groups is 1. The number of aryl methyl sites for hydroxylation is 1. The molecule has 0 aliphatic heterocycles.